The van der Waals surface area contributed by atoms with Gasteiger partial charge in [0.05, 0.1) is 11.3 Å². The van der Waals surface area contributed by atoms with Crippen molar-refractivity contribution in [3.8, 4) is 0 Å². The van der Waals surface area contributed by atoms with Crippen molar-refractivity contribution < 1.29 is 14.7 Å². The highest BCUT2D eigenvalue weighted by atomic mass is 16.4. The van der Waals surface area contributed by atoms with Crippen LogP contribution in [-0.4, -0.2) is 26.8 Å². The Hall–Kier alpha value is -1.78. The number of Topliss-reactive ketones (excluding diaryl/α,β-unsaturated/α-hetero) is 1. The van der Waals surface area contributed by atoms with Crippen LogP contribution >= 0.6 is 0 Å². The monoisotopic (exact) mass is 234 g/mol. The fourth-order valence-corrected chi connectivity index (χ4v) is 1.95. The first-order chi connectivity index (χ1) is 8.00. The van der Waals surface area contributed by atoms with Gasteiger partial charge in [-0.15, -0.1) is 0 Å². The van der Waals surface area contributed by atoms with Gasteiger partial charge in [0.2, 0.25) is 0 Å². The van der Waals surface area contributed by atoms with Gasteiger partial charge < -0.3 is 5.11 Å². The maximum absolute atomic E-state index is 11.7. The van der Waals surface area contributed by atoms with E-state index in [1.54, 1.807) is 0 Å². The minimum Gasteiger partial charge on any atom is -0.476 e. The molecule has 0 unspecified atom stereocenters. The highest BCUT2D eigenvalue weighted by Gasteiger charge is 2.27. The lowest BCUT2D eigenvalue weighted by atomic mass is 9.93. The van der Waals surface area contributed by atoms with E-state index in [4.69, 9.17) is 5.11 Å². The molecule has 5 heteroatoms. The van der Waals surface area contributed by atoms with Crippen LogP contribution in [0.15, 0.2) is 0 Å². The Morgan fingerprint density at radius 1 is 1.29 bits per heavy atom. The van der Waals surface area contributed by atoms with Gasteiger partial charge in [-0.25, -0.2) is 14.8 Å². The van der Waals surface area contributed by atoms with E-state index in [1.165, 1.54) is 0 Å². The molecule has 0 atom stereocenters. The Morgan fingerprint density at radius 2 is 2.00 bits per heavy atom. The van der Waals surface area contributed by atoms with Crippen molar-refractivity contribution >= 4 is 11.8 Å². The first-order valence-electron chi connectivity index (χ1n) is 5.68. The molecule has 1 heterocycles. The van der Waals surface area contributed by atoms with Crippen LogP contribution in [0, 0.1) is 0 Å². The molecule has 0 saturated heterocycles. The van der Waals surface area contributed by atoms with Crippen LogP contribution in [-0.2, 0) is 6.42 Å². The van der Waals surface area contributed by atoms with E-state index in [1.807, 2.05) is 13.8 Å². The lowest BCUT2D eigenvalue weighted by molar-refractivity contribution is 0.0683. The maximum Gasteiger partial charge on any atom is 0.355 e. The van der Waals surface area contributed by atoms with Crippen LogP contribution in [0.4, 0.5) is 0 Å². The van der Waals surface area contributed by atoms with Gasteiger partial charge >= 0.3 is 5.97 Å². The van der Waals surface area contributed by atoms with Crippen LogP contribution in [0.1, 0.15) is 65.0 Å². The van der Waals surface area contributed by atoms with E-state index < -0.39 is 5.97 Å². The number of carbonyl (C=O) groups is 2. The molecule has 5 nitrogen and oxygen atoms in total. The van der Waals surface area contributed by atoms with Crippen molar-refractivity contribution in [2.24, 2.45) is 0 Å². The van der Waals surface area contributed by atoms with E-state index in [0.717, 1.165) is 6.42 Å². The number of nitrogens with zero attached hydrogens (tertiary/aromatic N) is 2. The Kier molecular flexibility index (Phi) is 2.92. The summed E-state index contributed by atoms with van der Waals surface area (Å²) < 4.78 is 0. The number of aromatic nitrogens is 2. The van der Waals surface area contributed by atoms with Gasteiger partial charge in [-0.05, 0) is 12.8 Å². The predicted molar refractivity (Wildman–Crippen MR) is 60.3 cm³/mol. The van der Waals surface area contributed by atoms with Crippen LogP contribution in [0.2, 0.25) is 0 Å². The number of hydrogen-bond donors (Lipinski definition) is 1. The van der Waals surface area contributed by atoms with Crippen molar-refractivity contribution in [2.75, 3.05) is 0 Å². The molecular formula is C12H14N2O3. The minimum atomic E-state index is -1.15. The van der Waals surface area contributed by atoms with E-state index in [9.17, 15) is 9.59 Å². The summed E-state index contributed by atoms with van der Waals surface area (Å²) in [5.41, 5.74) is 0.675. The molecule has 90 valence electrons. The molecule has 17 heavy (non-hydrogen) atoms. The molecule has 1 aliphatic rings. The molecule has 0 radical (unpaired) electrons. The molecular weight excluding hydrogens is 220 g/mol. The van der Waals surface area contributed by atoms with Crippen molar-refractivity contribution in [3.63, 3.8) is 0 Å². The number of ketones is 1. The zero-order valence-electron chi connectivity index (χ0n) is 9.86. The Balaban J connectivity index is 2.66. The smallest absolute Gasteiger partial charge is 0.355 e. The fraction of sp³-hybridized carbons (Fsp3) is 0.500. The summed E-state index contributed by atoms with van der Waals surface area (Å²) in [4.78, 5) is 31.2. The second kappa shape index (κ2) is 4.24. The van der Waals surface area contributed by atoms with Gasteiger partial charge in [0.15, 0.2) is 11.5 Å². The number of fused-ring (bicyclic) bond motifs is 1. The summed E-state index contributed by atoms with van der Waals surface area (Å²) in [7, 11) is 0. The summed E-state index contributed by atoms with van der Waals surface area (Å²) >= 11 is 0. The third-order valence-electron chi connectivity index (χ3n) is 2.82. The standard InChI is InChI=1S/C12H14N2O3/c1-6(2)11-13-7-4-3-5-8(15)9(7)10(14-11)12(16)17/h6H,3-5H2,1-2H3,(H,16,17). The number of carboxylic acid groups (broad SMARTS) is 1. The van der Waals surface area contributed by atoms with Crippen LogP contribution in [0.5, 0.6) is 0 Å². The zero-order valence-corrected chi connectivity index (χ0v) is 9.86. The average molecular weight is 234 g/mol. The van der Waals surface area contributed by atoms with E-state index in [-0.39, 0.29) is 23.0 Å². The summed E-state index contributed by atoms with van der Waals surface area (Å²) in [6.07, 6.45) is 1.78. The second-order valence-electron chi connectivity index (χ2n) is 4.49. The molecule has 0 saturated carbocycles. The normalized spacial score (nSPS) is 14.9. The lowest BCUT2D eigenvalue weighted by Crippen LogP contribution is -2.21. The molecule has 1 aromatic heterocycles. The maximum atomic E-state index is 11.7. The topological polar surface area (TPSA) is 80.2 Å². The number of aromatic carboxylic acids is 1. The number of rotatable bonds is 2. The summed E-state index contributed by atoms with van der Waals surface area (Å²) in [6.45, 7) is 3.80. The molecule has 0 fully saturated rings. The number of aryl methyl sites for hydroxylation is 1. The van der Waals surface area contributed by atoms with E-state index in [0.29, 0.717) is 24.4 Å². The summed E-state index contributed by atoms with van der Waals surface area (Å²) in [6, 6.07) is 0. The van der Waals surface area contributed by atoms with Gasteiger partial charge in [0.25, 0.3) is 0 Å². The highest BCUT2D eigenvalue weighted by Crippen LogP contribution is 2.24. The molecule has 1 N–H and O–H groups in total. The predicted octanol–water partition coefficient (Wildman–Crippen LogP) is 1.82. The zero-order chi connectivity index (χ0) is 12.6. The Labute approximate surface area is 98.9 Å². The van der Waals surface area contributed by atoms with Gasteiger partial charge in [0.1, 0.15) is 5.82 Å². The molecule has 0 spiro atoms. The summed E-state index contributed by atoms with van der Waals surface area (Å²) in [5.74, 6) is -0.758. The second-order valence-corrected chi connectivity index (χ2v) is 4.49. The number of hydrogen-bond acceptors (Lipinski definition) is 4. The van der Waals surface area contributed by atoms with E-state index in [2.05, 4.69) is 9.97 Å². The van der Waals surface area contributed by atoms with Crippen molar-refractivity contribution in [3.05, 3.63) is 22.8 Å². The third kappa shape index (κ3) is 2.05. The van der Waals surface area contributed by atoms with Crippen LogP contribution < -0.4 is 0 Å². The van der Waals surface area contributed by atoms with Crippen molar-refractivity contribution in [1.29, 1.82) is 0 Å². The molecule has 0 aliphatic heterocycles. The molecule has 0 bridgehead atoms. The SMILES string of the molecule is CC(C)c1nc2c(c(C(=O)O)n1)C(=O)CCC2. The van der Waals surface area contributed by atoms with Crippen LogP contribution in [0.25, 0.3) is 0 Å². The van der Waals surface area contributed by atoms with Crippen molar-refractivity contribution in [2.45, 2.75) is 39.0 Å². The first kappa shape index (κ1) is 11.7. The molecule has 1 aromatic rings. The third-order valence-corrected chi connectivity index (χ3v) is 2.82. The molecule has 2 rings (SSSR count). The highest BCUT2D eigenvalue weighted by molar-refractivity contribution is 6.06. The van der Waals surface area contributed by atoms with Gasteiger partial charge in [-0.3, -0.25) is 4.79 Å². The Morgan fingerprint density at radius 3 is 2.59 bits per heavy atom. The van der Waals surface area contributed by atoms with Crippen LogP contribution in [0.3, 0.4) is 0 Å². The van der Waals surface area contributed by atoms with E-state index >= 15 is 0 Å². The lowest BCUT2D eigenvalue weighted by Gasteiger charge is -2.17. The fourth-order valence-electron chi connectivity index (χ4n) is 1.95. The quantitative estimate of drug-likeness (QED) is 0.844. The Bertz CT molecular complexity index is 495. The minimum absolute atomic E-state index is 0.0513. The molecule has 0 amide bonds. The largest absolute Gasteiger partial charge is 0.476 e. The van der Waals surface area contributed by atoms with Gasteiger partial charge in [0, 0.05) is 12.3 Å². The first-order valence-corrected chi connectivity index (χ1v) is 5.68. The molecule has 0 aromatic carbocycles. The molecule has 1 aliphatic carbocycles. The van der Waals surface area contributed by atoms with Gasteiger partial charge in [-0.1, -0.05) is 13.8 Å². The number of carboxylic acids is 1. The van der Waals surface area contributed by atoms with Gasteiger partial charge in [-0.2, -0.15) is 0 Å². The summed E-state index contributed by atoms with van der Waals surface area (Å²) in [5, 5.41) is 9.12. The average Bonchev–Trinajstić information content (AvgIpc) is 2.27. The number of carbonyl (C=O) groups excluding carboxylic acids is 1. The van der Waals surface area contributed by atoms with Crippen molar-refractivity contribution in [1.82, 2.24) is 9.97 Å².